The van der Waals surface area contributed by atoms with Gasteiger partial charge in [0.05, 0.1) is 0 Å². The molecule has 2 amide bonds. The average molecular weight is 266 g/mol. The normalized spacial score (nSPS) is 9.00. The lowest BCUT2D eigenvalue weighted by atomic mass is 10.4. The molecule has 16 heavy (non-hydrogen) atoms. The first-order valence-electron chi connectivity index (χ1n) is 5.39. The van der Waals surface area contributed by atoms with Crippen molar-refractivity contribution in [1.29, 1.82) is 0 Å². The van der Waals surface area contributed by atoms with Crippen LogP contribution in [-0.2, 0) is 0 Å². The van der Waals surface area contributed by atoms with Gasteiger partial charge >= 0.3 is 0 Å². The SMILES string of the molecule is CCCN(CCC)C(=O)SCC.NC(=O)S. The van der Waals surface area contributed by atoms with Crippen molar-refractivity contribution < 1.29 is 9.59 Å². The molecule has 0 spiro atoms. The number of primary amides is 1. The number of rotatable bonds is 5. The van der Waals surface area contributed by atoms with E-state index in [4.69, 9.17) is 4.79 Å². The molecule has 0 saturated heterocycles. The summed E-state index contributed by atoms with van der Waals surface area (Å²) in [5.74, 6) is 0.878. The zero-order valence-corrected chi connectivity index (χ0v) is 11.9. The van der Waals surface area contributed by atoms with Crippen molar-refractivity contribution in [2.75, 3.05) is 18.8 Å². The van der Waals surface area contributed by atoms with E-state index in [1.54, 1.807) is 0 Å². The van der Waals surface area contributed by atoms with E-state index in [0.29, 0.717) is 0 Å². The first kappa shape index (κ1) is 18.0. The summed E-state index contributed by atoms with van der Waals surface area (Å²) in [4.78, 5) is 22.4. The number of thioether (sulfide) groups is 1. The summed E-state index contributed by atoms with van der Waals surface area (Å²) in [5.41, 5.74) is 4.34. The average Bonchev–Trinajstić information content (AvgIpc) is 2.17. The van der Waals surface area contributed by atoms with Gasteiger partial charge in [-0.15, -0.1) is 0 Å². The Kier molecular flexibility index (Phi) is 14.3. The fourth-order valence-electron chi connectivity index (χ4n) is 1.05. The fourth-order valence-corrected chi connectivity index (χ4v) is 1.66. The summed E-state index contributed by atoms with van der Waals surface area (Å²) in [5, 5.41) is -0.402. The lowest BCUT2D eigenvalue weighted by Gasteiger charge is -2.20. The molecule has 0 saturated carbocycles. The number of nitrogens with zero attached hydrogens (tertiary/aromatic N) is 1. The Hall–Kier alpha value is -0.360. The molecule has 0 bridgehead atoms. The molecule has 0 radical (unpaired) electrons. The summed E-state index contributed by atoms with van der Waals surface area (Å²) in [6, 6.07) is 0. The van der Waals surface area contributed by atoms with Crippen LogP contribution in [0.15, 0.2) is 0 Å². The zero-order chi connectivity index (χ0) is 13.0. The molecule has 2 N–H and O–H groups in total. The molecule has 0 unspecified atom stereocenters. The van der Waals surface area contributed by atoms with Crippen molar-refractivity contribution in [2.45, 2.75) is 33.6 Å². The minimum Gasteiger partial charge on any atom is -0.361 e. The number of hydrogen-bond donors (Lipinski definition) is 2. The Balaban J connectivity index is 0. The lowest BCUT2D eigenvalue weighted by Crippen LogP contribution is -2.29. The van der Waals surface area contributed by atoms with Crippen LogP contribution in [-0.4, -0.2) is 34.2 Å². The molecule has 0 aliphatic heterocycles. The number of carbonyl (C=O) groups is 2. The van der Waals surface area contributed by atoms with E-state index in [1.807, 2.05) is 11.8 Å². The number of nitrogens with two attached hydrogens (primary N) is 1. The number of carbonyl (C=O) groups excluding carboxylic acids is 2. The highest BCUT2D eigenvalue weighted by Gasteiger charge is 2.09. The number of thiol groups is 1. The summed E-state index contributed by atoms with van der Waals surface area (Å²) in [7, 11) is 0. The van der Waals surface area contributed by atoms with E-state index in [0.717, 1.165) is 31.7 Å². The smallest absolute Gasteiger partial charge is 0.281 e. The topological polar surface area (TPSA) is 63.4 Å². The maximum Gasteiger partial charge on any atom is 0.281 e. The molecule has 4 nitrogen and oxygen atoms in total. The van der Waals surface area contributed by atoms with Crippen molar-refractivity contribution in [3.05, 3.63) is 0 Å². The van der Waals surface area contributed by atoms with Crippen LogP contribution in [0, 0.1) is 0 Å². The van der Waals surface area contributed by atoms with Crippen LogP contribution >= 0.6 is 24.4 Å². The van der Waals surface area contributed by atoms with Crippen LogP contribution in [0.4, 0.5) is 9.59 Å². The minimum absolute atomic E-state index is 0.237. The largest absolute Gasteiger partial charge is 0.361 e. The number of hydrogen-bond acceptors (Lipinski definition) is 3. The molecule has 96 valence electrons. The van der Waals surface area contributed by atoms with Crippen LogP contribution in [0.2, 0.25) is 0 Å². The molecular formula is C10H22N2O2S2. The summed E-state index contributed by atoms with van der Waals surface area (Å²) >= 11 is 4.51. The van der Waals surface area contributed by atoms with Crippen LogP contribution in [0.5, 0.6) is 0 Å². The highest BCUT2D eigenvalue weighted by atomic mass is 32.2. The van der Waals surface area contributed by atoms with Gasteiger partial charge in [-0.3, -0.25) is 9.59 Å². The standard InChI is InChI=1S/C9H19NOS.CH3NOS/c1-4-7-10(8-5-2)9(11)12-6-3;2-1(3)4/h4-8H2,1-3H3;(H3,2,3,4). The summed E-state index contributed by atoms with van der Waals surface area (Å²) in [6.45, 7) is 8.02. The third kappa shape index (κ3) is 13.6. The summed E-state index contributed by atoms with van der Waals surface area (Å²) < 4.78 is 0. The van der Waals surface area contributed by atoms with Gasteiger partial charge in [0.2, 0.25) is 0 Å². The Bertz CT molecular complexity index is 191. The third-order valence-corrected chi connectivity index (χ3v) is 2.31. The second-order valence-corrected chi connectivity index (χ2v) is 4.68. The second kappa shape index (κ2) is 12.7. The first-order valence-corrected chi connectivity index (χ1v) is 6.82. The Morgan fingerprint density at radius 3 is 1.81 bits per heavy atom. The van der Waals surface area contributed by atoms with Crippen molar-refractivity contribution in [2.24, 2.45) is 5.73 Å². The van der Waals surface area contributed by atoms with E-state index in [-0.39, 0.29) is 5.24 Å². The molecule has 0 aromatic carbocycles. The fraction of sp³-hybridized carbons (Fsp3) is 0.800. The van der Waals surface area contributed by atoms with E-state index < -0.39 is 5.24 Å². The van der Waals surface area contributed by atoms with Gasteiger partial charge in [0.15, 0.2) is 0 Å². The Labute approximate surface area is 108 Å². The highest BCUT2D eigenvalue weighted by molar-refractivity contribution is 8.13. The molecule has 0 rings (SSSR count). The first-order chi connectivity index (χ1) is 7.49. The second-order valence-electron chi connectivity index (χ2n) is 3.02. The van der Waals surface area contributed by atoms with Gasteiger partial charge in [-0.2, -0.15) is 0 Å². The number of amides is 2. The maximum absolute atomic E-state index is 11.4. The predicted octanol–water partition coefficient (Wildman–Crippen LogP) is 2.98. The van der Waals surface area contributed by atoms with Crippen LogP contribution in [0.3, 0.4) is 0 Å². The molecular weight excluding hydrogens is 244 g/mol. The highest BCUT2D eigenvalue weighted by Crippen LogP contribution is 2.09. The predicted molar refractivity (Wildman–Crippen MR) is 74.3 cm³/mol. The molecule has 0 heterocycles. The third-order valence-electron chi connectivity index (χ3n) is 1.51. The molecule has 0 fully saturated rings. The van der Waals surface area contributed by atoms with Crippen molar-refractivity contribution in [3.8, 4) is 0 Å². The van der Waals surface area contributed by atoms with E-state index >= 15 is 0 Å². The molecule has 0 aliphatic carbocycles. The molecule has 0 aromatic rings. The maximum atomic E-state index is 11.4. The monoisotopic (exact) mass is 266 g/mol. The van der Waals surface area contributed by atoms with Gasteiger partial charge in [-0.1, -0.05) is 45.2 Å². The van der Waals surface area contributed by atoms with Crippen molar-refractivity contribution >= 4 is 34.9 Å². The van der Waals surface area contributed by atoms with Gasteiger partial charge in [0.25, 0.3) is 10.5 Å². The molecule has 6 heteroatoms. The Morgan fingerprint density at radius 1 is 1.19 bits per heavy atom. The molecule has 0 aromatic heterocycles. The van der Waals surface area contributed by atoms with Crippen LogP contribution in [0.1, 0.15) is 33.6 Å². The van der Waals surface area contributed by atoms with E-state index in [9.17, 15) is 4.79 Å². The van der Waals surface area contributed by atoms with Crippen molar-refractivity contribution in [3.63, 3.8) is 0 Å². The minimum atomic E-state index is -0.639. The lowest BCUT2D eigenvalue weighted by molar-refractivity contribution is 0.223. The summed E-state index contributed by atoms with van der Waals surface area (Å²) in [6.07, 6.45) is 2.10. The van der Waals surface area contributed by atoms with Gasteiger partial charge in [-0.25, -0.2) is 0 Å². The van der Waals surface area contributed by atoms with Gasteiger partial charge in [0.1, 0.15) is 0 Å². The quantitative estimate of drug-likeness (QED) is 0.752. The molecule has 0 aliphatic rings. The van der Waals surface area contributed by atoms with Gasteiger partial charge < -0.3 is 10.6 Å². The van der Waals surface area contributed by atoms with Gasteiger partial charge in [0, 0.05) is 13.1 Å². The van der Waals surface area contributed by atoms with E-state index in [1.165, 1.54) is 11.8 Å². The van der Waals surface area contributed by atoms with Crippen molar-refractivity contribution in [1.82, 2.24) is 4.90 Å². The molecule has 0 atom stereocenters. The van der Waals surface area contributed by atoms with Crippen LogP contribution in [0.25, 0.3) is 0 Å². The van der Waals surface area contributed by atoms with Crippen LogP contribution < -0.4 is 5.73 Å². The van der Waals surface area contributed by atoms with E-state index in [2.05, 4.69) is 32.2 Å². The zero-order valence-electron chi connectivity index (χ0n) is 10.2. The van der Waals surface area contributed by atoms with Gasteiger partial charge in [-0.05, 0) is 18.6 Å². The Morgan fingerprint density at radius 2 is 1.56 bits per heavy atom.